The van der Waals surface area contributed by atoms with Gasteiger partial charge in [-0.3, -0.25) is 9.59 Å². The summed E-state index contributed by atoms with van der Waals surface area (Å²) in [6, 6.07) is 13.0. The smallest absolute Gasteiger partial charge is 0.264 e. The number of rotatable bonds is 5. The summed E-state index contributed by atoms with van der Waals surface area (Å²) in [5, 5.41) is 0. The monoisotopic (exact) mass is 353 g/mol. The molecule has 0 bridgehead atoms. The van der Waals surface area contributed by atoms with Crippen molar-refractivity contribution in [2.45, 2.75) is 26.2 Å². The van der Waals surface area contributed by atoms with E-state index in [0.717, 1.165) is 12.1 Å². The summed E-state index contributed by atoms with van der Waals surface area (Å²) in [6.45, 7) is 4.27. The maximum absolute atomic E-state index is 12.7. The number of Topliss-reactive ketones (excluding diaryl/α,β-unsaturated/α-hetero) is 1. The number of ketones is 1. The van der Waals surface area contributed by atoms with Crippen molar-refractivity contribution in [2.24, 2.45) is 0 Å². The highest BCUT2D eigenvalue weighted by molar-refractivity contribution is 5.96. The van der Waals surface area contributed by atoms with Crippen molar-refractivity contribution >= 4 is 17.4 Å². The van der Waals surface area contributed by atoms with Crippen molar-refractivity contribution in [2.75, 3.05) is 25.2 Å². The number of amides is 1. The van der Waals surface area contributed by atoms with Crippen molar-refractivity contribution in [3.8, 4) is 11.5 Å². The van der Waals surface area contributed by atoms with Gasteiger partial charge < -0.3 is 14.4 Å². The van der Waals surface area contributed by atoms with E-state index in [4.69, 9.17) is 9.47 Å². The molecule has 0 saturated carbocycles. The molecule has 2 aromatic carbocycles. The molecule has 0 N–H and O–H groups in total. The summed E-state index contributed by atoms with van der Waals surface area (Å²) in [6.07, 6.45) is 0.930. The first kappa shape index (κ1) is 18.0. The third-order valence-electron chi connectivity index (χ3n) is 4.77. The maximum atomic E-state index is 12.7. The van der Waals surface area contributed by atoms with Crippen molar-refractivity contribution < 1.29 is 19.1 Å². The summed E-state index contributed by atoms with van der Waals surface area (Å²) in [4.78, 5) is 26.0. The fourth-order valence-electron chi connectivity index (χ4n) is 3.23. The van der Waals surface area contributed by atoms with Crippen LogP contribution in [0.4, 0.5) is 5.69 Å². The largest absolute Gasteiger partial charge is 0.493 e. The Morgan fingerprint density at radius 1 is 1.15 bits per heavy atom. The summed E-state index contributed by atoms with van der Waals surface area (Å²) < 4.78 is 11.0. The van der Waals surface area contributed by atoms with Crippen LogP contribution in [-0.2, 0) is 4.79 Å². The summed E-state index contributed by atoms with van der Waals surface area (Å²) in [5.41, 5.74) is 2.69. The molecule has 0 aromatic heterocycles. The van der Waals surface area contributed by atoms with E-state index in [1.807, 2.05) is 18.2 Å². The lowest BCUT2D eigenvalue weighted by Crippen LogP contribution is -2.39. The predicted molar refractivity (Wildman–Crippen MR) is 100 cm³/mol. The normalized spacial score (nSPS) is 16.0. The van der Waals surface area contributed by atoms with Gasteiger partial charge in [-0.05, 0) is 49.1 Å². The quantitative estimate of drug-likeness (QED) is 0.767. The average molecular weight is 353 g/mol. The van der Waals surface area contributed by atoms with Crippen LogP contribution in [0.15, 0.2) is 42.5 Å². The molecule has 136 valence electrons. The molecule has 5 nitrogen and oxygen atoms in total. The number of fused-ring (bicyclic) bond motifs is 1. The molecule has 0 aliphatic carbocycles. The molecule has 0 fully saturated rings. The Morgan fingerprint density at radius 2 is 1.92 bits per heavy atom. The van der Waals surface area contributed by atoms with Crippen LogP contribution in [0.2, 0.25) is 0 Å². The Bertz CT molecular complexity index is 831. The summed E-state index contributed by atoms with van der Waals surface area (Å²) >= 11 is 0. The molecule has 1 atom stereocenters. The number of benzene rings is 2. The molecule has 0 spiro atoms. The van der Waals surface area contributed by atoms with Gasteiger partial charge in [-0.2, -0.15) is 0 Å². The molecule has 26 heavy (non-hydrogen) atoms. The highest BCUT2D eigenvalue weighted by Crippen LogP contribution is 2.35. The average Bonchev–Trinajstić information content (AvgIpc) is 2.66. The lowest BCUT2D eigenvalue weighted by Gasteiger charge is -2.32. The highest BCUT2D eigenvalue weighted by Gasteiger charge is 2.26. The van der Waals surface area contributed by atoms with Gasteiger partial charge in [-0.15, -0.1) is 0 Å². The van der Waals surface area contributed by atoms with Gasteiger partial charge in [0.25, 0.3) is 5.91 Å². The molecule has 1 amide bonds. The Morgan fingerprint density at radius 3 is 2.65 bits per heavy atom. The molecular formula is C21H23NO4. The number of carbonyl (C=O) groups excluding carboxylic acids is 2. The molecule has 2 aromatic rings. The van der Waals surface area contributed by atoms with Gasteiger partial charge in [0.05, 0.1) is 7.11 Å². The first-order chi connectivity index (χ1) is 12.5. The molecule has 0 saturated heterocycles. The summed E-state index contributed by atoms with van der Waals surface area (Å²) in [5.74, 6) is 1.19. The molecular weight excluding hydrogens is 330 g/mol. The minimum absolute atomic E-state index is 0.0510. The summed E-state index contributed by atoms with van der Waals surface area (Å²) in [7, 11) is 1.51. The Hall–Kier alpha value is -2.82. The van der Waals surface area contributed by atoms with E-state index in [1.165, 1.54) is 19.6 Å². The van der Waals surface area contributed by atoms with Crippen molar-refractivity contribution in [1.29, 1.82) is 0 Å². The lowest BCUT2D eigenvalue weighted by molar-refractivity contribution is -0.120. The van der Waals surface area contributed by atoms with Gasteiger partial charge >= 0.3 is 0 Å². The van der Waals surface area contributed by atoms with Gasteiger partial charge in [-0.25, -0.2) is 0 Å². The highest BCUT2D eigenvalue weighted by atomic mass is 16.5. The van der Waals surface area contributed by atoms with E-state index in [2.05, 4.69) is 13.0 Å². The fraction of sp³-hybridized carbons (Fsp3) is 0.333. The zero-order chi connectivity index (χ0) is 18.7. The first-order valence-corrected chi connectivity index (χ1v) is 8.72. The second-order valence-corrected chi connectivity index (χ2v) is 6.50. The van der Waals surface area contributed by atoms with E-state index in [0.29, 0.717) is 29.5 Å². The van der Waals surface area contributed by atoms with Crippen LogP contribution in [0, 0.1) is 0 Å². The van der Waals surface area contributed by atoms with Crippen molar-refractivity contribution in [1.82, 2.24) is 0 Å². The van der Waals surface area contributed by atoms with Gasteiger partial charge in [0.2, 0.25) is 0 Å². The Kier molecular flexibility index (Phi) is 5.26. The molecule has 1 aliphatic rings. The Balaban J connectivity index is 1.74. The molecule has 3 rings (SSSR count). The number of hydrogen-bond acceptors (Lipinski definition) is 4. The number of carbonyl (C=O) groups is 2. The van der Waals surface area contributed by atoms with Gasteiger partial charge in [0.1, 0.15) is 0 Å². The molecule has 1 heterocycles. The lowest BCUT2D eigenvalue weighted by atomic mass is 9.91. The number of methoxy groups -OCH3 is 1. The minimum Gasteiger partial charge on any atom is -0.493 e. The van der Waals surface area contributed by atoms with Crippen LogP contribution in [0.3, 0.4) is 0 Å². The predicted octanol–water partition coefficient (Wildman–Crippen LogP) is 3.82. The second-order valence-electron chi connectivity index (χ2n) is 6.50. The van der Waals surface area contributed by atoms with E-state index < -0.39 is 0 Å². The van der Waals surface area contributed by atoms with E-state index in [9.17, 15) is 9.59 Å². The number of para-hydroxylation sites is 1. The van der Waals surface area contributed by atoms with Gasteiger partial charge in [0, 0.05) is 17.8 Å². The second kappa shape index (κ2) is 7.60. The topological polar surface area (TPSA) is 55.8 Å². The van der Waals surface area contributed by atoms with Crippen LogP contribution in [0.5, 0.6) is 11.5 Å². The standard InChI is InChI=1S/C21H23NO4/c1-14-10-11-22(18-7-5-4-6-17(14)18)21(24)13-26-19-9-8-16(15(2)23)12-20(19)25-3/h4-9,12,14H,10-11,13H2,1-3H3. The third kappa shape index (κ3) is 3.57. The Labute approximate surface area is 153 Å². The molecule has 0 radical (unpaired) electrons. The number of hydrogen-bond donors (Lipinski definition) is 0. The SMILES string of the molecule is COc1cc(C(C)=O)ccc1OCC(=O)N1CCC(C)c2ccccc21. The number of anilines is 1. The minimum atomic E-state index is -0.0953. The van der Waals surface area contributed by atoms with Crippen LogP contribution in [-0.4, -0.2) is 32.0 Å². The first-order valence-electron chi connectivity index (χ1n) is 8.72. The zero-order valence-electron chi connectivity index (χ0n) is 15.3. The maximum Gasteiger partial charge on any atom is 0.264 e. The van der Waals surface area contributed by atoms with Crippen LogP contribution in [0.1, 0.15) is 42.1 Å². The van der Waals surface area contributed by atoms with Crippen molar-refractivity contribution in [3.63, 3.8) is 0 Å². The third-order valence-corrected chi connectivity index (χ3v) is 4.77. The molecule has 1 aliphatic heterocycles. The van der Waals surface area contributed by atoms with E-state index in [-0.39, 0.29) is 18.3 Å². The number of ether oxygens (including phenoxy) is 2. The molecule has 1 unspecified atom stereocenters. The van der Waals surface area contributed by atoms with Crippen LogP contribution >= 0.6 is 0 Å². The van der Waals surface area contributed by atoms with E-state index >= 15 is 0 Å². The van der Waals surface area contributed by atoms with Crippen LogP contribution in [0.25, 0.3) is 0 Å². The fourth-order valence-corrected chi connectivity index (χ4v) is 3.23. The van der Waals surface area contributed by atoms with Crippen molar-refractivity contribution in [3.05, 3.63) is 53.6 Å². The van der Waals surface area contributed by atoms with Gasteiger partial charge in [0.15, 0.2) is 23.9 Å². The van der Waals surface area contributed by atoms with E-state index in [1.54, 1.807) is 23.1 Å². The van der Waals surface area contributed by atoms with Gasteiger partial charge in [-0.1, -0.05) is 25.1 Å². The zero-order valence-corrected chi connectivity index (χ0v) is 15.3. The molecule has 5 heteroatoms. The number of nitrogens with zero attached hydrogens (tertiary/aromatic N) is 1. The van der Waals surface area contributed by atoms with Crippen LogP contribution < -0.4 is 14.4 Å².